The summed E-state index contributed by atoms with van der Waals surface area (Å²) in [4.78, 5) is 27.5. The zero-order valence-electron chi connectivity index (χ0n) is 15.4. The molecule has 27 heavy (non-hydrogen) atoms. The van der Waals surface area contributed by atoms with Gasteiger partial charge in [0.05, 0.1) is 10.8 Å². The van der Waals surface area contributed by atoms with Gasteiger partial charge in [-0.1, -0.05) is 26.0 Å². The predicted molar refractivity (Wildman–Crippen MR) is 101 cm³/mol. The van der Waals surface area contributed by atoms with E-state index in [4.69, 9.17) is 5.11 Å². The molecule has 0 saturated heterocycles. The van der Waals surface area contributed by atoms with Crippen molar-refractivity contribution < 1.29 is 23.1 Å². The van der Waals surface area contributed by atoms with Crippen LogP contribution in [0.1, 0.15) is 38.7 Å². The van der Waals surface area contributed by atoms with E-state index in [1.807, 2.05) is 13.8 Å². The van der Waals surface area contributed by atoms with Crippen LogP contribution in [0.2, 0.25) is 0 Å². The molecule has 0 aromatic heterocycles. The van der Waals surface area contributed by atoms with Crippen LogP contribution in [0, 0.1) is 11.8 Å². The highest BCUT2D eigenvalue weighted by Crippen LogP contribution is 2.22. The molecule has 148 valence electrons. The molecule has 0 radical (unpaired) electrons. The number of sulfonamides is 1. The molecule has 0 fully saturated rings. The number of rotatable bonds is 9. The standard InChI is InChI=1S/C18H25N3O5S/c1-12(2)10-13(18(23)24)11-20-16(22)8-5-9-19-17-14-6-3-4-7-15(14)27(25,26)21-17/h3-4,6-7,12-13H,5,8-11H2,1-2H3,(H,19,21)(H,20,22)(H,23,24). The van der Waals surface area contributed by atoms with Crippen molar-refractivity contribution in [2.24, 2.45) is 16.8 Å². The van der Waals surface area contributed by atoms with E-state index >= 15 is 0 Å². The van der Waals surface area contributed by atoms with Crippen LogP contribution in [0.3, 0.4) is 0 Å². The summed E-state index contributed by atoms with van der Waals surface area (Å²) in [6.07, 6.45) is 1.13. The number of fused-ring (bicyclic) bond motifs is 1. The van der Waals surface area contributed by atoms with Gasteiger partial charge in [-0.05, 0) is 30.9 Å². The number of carboxylic acids is 1. The molecule has 1 aromatic carbocycles. The van der Waals surface area contributed by atoms with E-state index in [1.54, 1.807) is 18.2 Å². The van der Waals surface area contributed by atoms with E-state index in [0.717, 1.165) is 0 Å². The second-order valence-electron chi connectivity index (χ2n) is 6.90. The number of aliphatic carboxylic acids is 1. The molecule has 9 heteroatoms. The monoisotopic (exact) mass is 395 g/mol. The summed E-state index contributed by atoms with van der Waals surface area (Å²) in [6, 6.07) is 6.58. The Bertz CT molecular complexity index is 833. The number of benzene rings is 1. The Morgan fingerprint density at radius 3 is 2.63 bits per heavy atom. The fraction of sp³-hybridized carbons (Fsp3) is 0.500. The first-order chi connectivity index (χ1) is 12.7. The Morgan fingerprint density at radius 2 is 1.96 bits per heavy atom. The van der Waals surface area contributed by atoms with Crippen LogP contribution in [0.4, 0.5) is 0 Å². The highest BCUT2D eigenvalue weighted by molar-refractivity contribution is 7.90. The molecule has 1 aliphatic rings. The molecule has 8 nitrogen and oxygen atoms in total. The van der Waals surface area contributed by atoms with Gasteiger partial charge in [-0.25, -0.2) is 8.42 Å². The van der Waals surface area contributed by atoms with Crippen LogP contribution in [-0.4, -0.2) is 44.3 Å². The number of nitrogens with one attached hydrogen (secondary N) is 2. The lowest BCUT2D eigenvalue weighted by atomic mass is 9.97. The summed E-state index contributed by atoms with van der Waals surface area (Å²) in [5, 5.41) is 11.8. The number of hydrogen-bond donors (Lipinski definition) is 3. The number of carbonyl (C=O) groups is 2. The number of carboxylic acid groups (broad SMARTS) is 1. The smallest absolute Gasteiger partial charge is 0.308 e. The first-order valence-corrected chi connectivity index (χ1v) is 10.3. The first-order valence-electron chi connectivity index (χ1n) is 8.87. The molecule has 1 unspecified atom stereocenters. The van der Waals surface area contributed by atoms with Crippen molar-refractivity contribution in [2.75, 3.05) is 13.1 Å². The van der Waals surface area contributed by atoms with Gasteiger partial charge in [-0.3, -0.25) is 19.3 Å². The molecule has 1 amide bonds. The van der Waals surface area contributed by atoms with Crippen molar-refractivity contribution in [1.29, 1.82) is 0 Å². The average Bonchev–Trinajstić information content (AvgIpc) is 2.86. The minimum absolute atomic E-state index is 0.105. The van der Waals surface area contributed by atoms with Gasteiger partial charge in [0, 0.05) is 25.1 Å². The highest BCUT2D eigenvalue weighted by Gasteiger charge is 2.29. The fourth-order valence-electron chi connectivity index (χ4n) is 2.85. The van der Waals surface area contributed by atoms with Crippen molar-refractivity contribution in [3.8, 4) is 0 Å². The number of carbonyl (C=O) groups excluding carboxylic acids is 1. The summed E-state index contributed by atoms with van der Waals surface area (Å²) >= 11 is 0. The molecule has 1 aromatic rings. The Kier molecular flexibility index (Phi) is 6.95. The van der Waals surface area contributed by atoms with Gasteiger partial charge in [0.15, 0.2) is 0 Å². The quantitative estimate of drug-likeness (QED) is 0.545. The maximum atomic E-state index is 12.0. The molecular formula is C18H25N3O5S. The van der Waals surface area contributed by atoms with Crippen LogP contribution in [0.5, 0.6) is 0 Å². The third-order valence-corrected chi connectivity index (χ3v) is 5.54. The summed E-state index contributed by atoms with van der Waals surface area (Å²) < 4.78 is 26.4. The largest absolute Gasteiger partial charge is 0.481 e. The summed E-state index contributed by atoms with van der Waals surface area (Å²) in [5.74, 6) is -1.23. The number of nitrogens with zero attached hydrogens (tertiary/aromatic N) is 1. The van der Waals surface area contributed by atoms with E-state index in [9.17, 15) is 18.0 Å². The second-order valence-corrected chi connectivity index (χ2v) is 8.56. The van der Waals surface area contributed by atoms with Crippen molar-refractivity contribution >= 4 is 27.7 Å². The SMILES string of the molecule is CC(C)CC(CNC(=O)CCCN=C1NS(=O)(=O)c2ccccc21)C(=O)O. The molecule has 0 spiro atoms. The van der Waals surface area contributed by atoms with Crippen LogP contribution < -0.4 is 10.0 Å². The Morgan fingerprint density at radius 1 is 1.26 bits per heavy atom. The van der Waals surface area contributed by atoms with Crippen molar-refractivity contribution in [3.63, 3.8) is 0 Å². The molecule has 1 heterocycles. The maximum Gasteiger partial charge on any atom is 0.308 e. The van der Waals surface area contributed by atoms with Crippen LogP contribution in [0.15, 0.2) is 34.2 Å². The predicted octanol–water partition coefficient (Wildman–Crippen LogP) is 1.37. The van der Waals surface area contributed by atoms with Gasteiger partial charge < -0.3 is 10.4 Å². The van der Waals surface area contributed by atoms with Crippen molar-refractivity contribution in [1.82, 2.24) is 10.0 Å². The van der Waals surface area contributed by atoms with Gasteiger partial charge in [-0.15, -0.1) is 0 Å². The maximum absolute atomic E-state index is 12.0. The molecule has 2 rings (SSSR count). The zero-order chi connectivity index (χ0) is 20.0. The fourth-order valence-corrected chi connectivity index (χ4v) is 4.10. The minimum Gasteiger partial charge on any atom is -0.481 e. The summed E-state index contributed by atoms with van der Waals surface area (Å²) in [6.45, 7) is 4.26. The first kappa shape index (κ1) is 20.9. The summed E-state index contributed by atoms with van der Waals surface area (Å²) in [7, 11) is -3.56. The number of amidine groups is 1. The average molecular weight is 395 g/mol. The Balaban J connectivity index is 1.81. The van der Waals surface area contributed by atoms with Crippen molar-refractivity contribution in [3.05, 3.63) is 29.8 Å². The molecule has 0 aliphatic carbocycles. The zero-order valence-corrected chi connectivity index (χ0v) is 16.3. The lowest BCUT2D eigenvalue weighted by Crippen LogP contribution is -2.33. The van der Waals surface area contributed by atoms with E-state index in [1.165, 1.54) is 6.07 Å². The van der Waals surface area contributed by atoms with E-state index < -0.39 is 21.9 Å². The molecule has 1 atom stereocenters. The normalized spacial score (nSPS) is 17.4. The van der Waals surface area contributed by atoms with Crippen LogP contribution in [0.25, 0.3) is 0 Å². The Hall–Kier alpha value is -2.42. The van der Waals surface area contributed by atoms with Gasteiger partial charge in [0.2, 0.25) is 5.91 Å². The van der Waals surface area contributed by atoms with E-state index in [-0.39, 0.29) is 42.1 Å². The second kappa shape index (κ2) is 8.98. The molecular weight excluding hydrogens is 370 g/mol. The van der Waals surface area contributed by atoms with E-state index in [0.29, 0.717) is 18.4 Å². The van der Waals surface area contributed by atoms with Crippen LogP contribution >= 0.6 is 0 Å². The highest BCUT2D eigenvalue weighted by atomic mass is 32.2. The van der Waals surface area contributed by atoms with Gasteiger partial charge >= 0.3 is 5.97 Å². The molecule has 0 saturated carbocycles. The third kappa shape index (κ3) is 5.78. The lowest BCUT2D eigenvalue weighted by Gasteiger charge is -2.15. The lowest BCUT2D eigenvalue weighted by molar-refractivity contribution is -0.142. The van der Waals surface area contributed by atoms with Gasteiger partial charge in [0.1, 0.15) is 5.84 Å². The van der Waals surface area contributed by atoms with E-state index in [2.05, 4.69) is 15.0 Å². The molecule has 1 aliphatic heterocycles. The Labute approximate surface area is 159 Å². The number of amides is 1. The topological polar surface area (TPSA) is 125 Å². The molecule has 0 bridgehead atoms. The number of hydrogen-bond acceptors (Lipinski definition) is 5. The number of aliphatic imine (C=N–C) groups is 1. The van der Waals surface area contributed by atoms with Crippen molar-refractivity contribution in [2.45, 2.75) is 38.0 Å². The van der Waals surface area contributed by atoms with Gasteiger partial charge in [-0.2, -0.15) is 0 Å². The van der Waals surface area contributed by atoms with Gasteiger partial charge in [0.25, 0.3) is 10.0 Å². The van der Waals surface area contributed by atoms with Crippen LogP contribution in [-0.2, 0) is 19.6 Å². The molecule has 3 N–H and O–H groups in total. The minimum atomic E-state index is -3.56. The third-order valence-electron chi connectivity index (χ3n) is 4.15. The summed E-state index contributed by atoms with van der Waals surface area (Å²) in [5.41, 5.74) is 0.528.